The number of hydrogen-bond acceptors (Lipinski definition) is 7. The quantitative estimate of drug-likeness (QED) is 0.646. The lowest BCUT2D eigenvalue weighted by Crippen LogP contribution is -2.14. The van der Waals surface area contributed by atoms with E-state index in [0.29, 0.717) is 5.16 Å². The lowest BCUT2D eigenvalue weighted by Gasteiger charge is -2.10. The fraction of sp³-hybridized carbons (Fsp3) is 0.308. The second kappa shape index (κ2) is 6.53. The number of nitrogens with zero attached hydrogens (tertiary/aromatic N) is 3. The summed E-state index contributed by atoms with van der Waals surface area (Å²) in [7, 11) is 0. The van der Waals surface area contributed by atoms with E-state index in [4.69, 9.17) is 10.6 Å². The molecule has 0 radical (unpaired) electrons. The lowest BCUT2D eigenvalue weighted by molar-refractivity contribution is 0.219. The van der Waals surface area contributed by atoms with Crippen molar-refractivity contribution in [2.24, 2.45) is 5.84 Å². The average molecular weight is 291 g/mol. The fourth-order valence-electron chi connectivity index (χ4n) is 1.50. The van der Waals surface area contributed by atoms with Gasteiger partial charge in [-0.3, -0.25) is 5.43 Å². The molecule has 3 N–H and O–H groups in total. The summed E-state index contributed by atoms with van der Waals surface area (Å²) in [5.41, 5.74) is 3.60. The predicted octanol–water partition coefficient (Wildman–Crippen LogP) is 2.40. The molecule has 106 valence electrons. The number of nitrogen functional groups attached to an aromatic ring is 1. The molecule has 0 unspecified atom stereocenters. The summed E-state index contributed by atoms with van der Waals surface area (Å²) in [6.45, 7) is 5.86. The number of hydrazine groups is 1. The number of nitrogens with one attached hydrogen (secondary N) is 1. The Morgan fingerprint density at radius 1 is 1.25 bits per heavy atom. The van der Waals surface area contributed by atoms with Gasteiger partial charge in [0.1, 0.15) is 0 Å². The Hall–Kier alpha value is -1.86. The Balaban J connectivity index is 2.26. The van der Waals surface area contributed by atoms with E-state index in [1.807, 2.05) is 39.0 Å². The molecular weight excluding hydrogens is 274 g/mol. The Labute approximate surface area is 122 Å². The van der Waals surface area contributed by atoms with Gasteiger partial charge in [-0.1, -0.05) is 17.7 Å². The number of rotatable bonds is 5. The third-order valence-electron chi connectivity index (χ3n) is 2.26. The predicted molar refractivity (Wildman–Crippen MR) is 78.7 cm³/mol. The first-order valence-electron chi connectivity index (χ1n) is 6.20. The summed E-state index contributed by atoms with van der Waals surface area (Å²) in [6.07, 6.45) is -0.0140. The highest BCUT2D eigenvalue weighted by atomic mass is 32.2. The SMILES string of the molecule is Cc1cccc(Sc2nc(NN)nc(OC(C)C)n2)c1. The van der Waals surface area contributed by atoms with Gasteiger partial charge in [-0.2, -0.15) is 15.0 Å². The third kappa shape index (κ3) is 4.07. The van der Waals surface area contributed by atoms with E-state index in [-0.39, 0.29) is 18.1 Å². The van der Waals surface area contributed by atoms with Gasteiger partial charge in [0.2, 0.25) is 11.1 Å². The van der Waals surface area contributed by atoms with Crippen LogP contribution in [0.5, 0.6) is 6.01 Å². The van der Waals surface area contributed by atoms with Gasteiger partial charge in [0.25, 0.3) is 0 Å². The lowest BCUT2D eigenvalue weighted by atomic mass is 10.2. The van der Waals surface area contributed by atoms with Crippen LogP contribution in [-0.4, -0.2) is 21.1 Å². The summed E-state index contributed by atoms with van der Waals surface area (Å²) in [5, 5.41) is 0.536. The first kappa shape index (κ1) is 14.5. The number of benzene rings is 1. The zero-order valence-corrected chi connectivity index (χ0v) is 12.4. The minimum absolute atomic E-state index is 0.0140. The van der Waals surface area contributed by atoms with Crippen LogP contribution < -0.4 is 16.0 Å². The highest BCUT2D eigenvalue weighted by molar-refractivity contribution is 7.99. The first-order valence-corrected chi connectivity index (χ1v) is 7.02. The molecule has 1 aromatic carbocycles. The second-order valence-corrected chi connectivity index (χ2v) is 5.49. The van der Waals surface area contributed by atoms with Gasteiger partial charge in [0.05, 0.1) is 6.10 Å². The summed E-state index contributed by atoms with van der Waals surface area (Å²) in [6, 6.07) is 8.36. The van der Waals surface area contributed by atoms with Crippen LogP contribution in [0.3, 0.4) is 0 Å². The molecule has 0 fully saturated rings. The van der Waals surface area contributed by atoms with Gasteiger partial charge >= 0.3 is 6.01 Å². The molecule has 0 saturated heterocycles. The maximum Gasteiger partial charge on any atom is 0.322 e. The van der Waals surface area contributed by atoms with Crippen molar-refractivity contribution in [3.8, 4) is 6.01 Å². The topological polar surface area (TPSA) is 86.0 Å². The van der Waals surface area contributed by atoms with Crippen LogP contribution in [0.2, 0.25) is 0 Å². The van der Waals surface area contributed by atoms with E-state index < -0.39 is 0 Å². The van der Waals surface area contributed by atoms with E-state index >= 15 is 0 Å². The van der Waals surface area contributed by atoms with Gasteiger partial charge in [0, 0.05) is 4.90 Å². The van der Waals surface area contributed by atoms with Crippen molar-refractivity contribution in [2.75, 3.05) is 5.43 Å². The molecule has 0 amide bonds. The molecule has 0 aliphatic carbocycles. The summed E-state index contributed by atoms with van der Waals surface area (Å²) in [4.78, 5) is 13.6. The molecule has 0 aliphatic heterocycles. The molecule has 6 nitrogen and oxygen atoms in total. The van der Waals surface area contributed by atoms with E-state index in [1.165, 1.54) is 17.3 Å². The van der Waals surface area contributed by atoms with Crippen molar-refractivity contribution in [1.82, 2.24) is 15.0 Å². The summed E-state index contributed by atoms with van der Waals surface area (Å²) in [5.74, 6) is 5.65. The highest BCUT2D eigenvalue weighted by Crippen LogP contribution is 2.26. The summed E-state index contributed by atoms with van der Waals surface area (Å²) >= 11 is 1.43. The van der Waals surface area contributed by atoms with Crippen molar-refractivity contribution >= 4 is 17.7 Å². The maximum atomic E-state index is 5.49. The fourth-order valence-corrected chi connectivity index (χ4v) is 2.35. The van der Waals surface area contributed by atoms with Crippen LogP contribution in [0.4, 0.5) is 5.95 Å². The number of nitrogens with two attached hydrogens (primary N) is 1. The Morgan fingerprint density at radius 2 is 2.05 bits per heavy atom. The van der Waals surface area contributed by atoms with E-state index in [9.17, 15) is 0 Å². The van der Waals surface area contributed by atoms with E-state index in [0.717, 1.165) is 4.90 Å². The highest BCUT2D eigenvalue weighted by Gasteiger charge is 2.09. The van der Waals surface area contributed by atoms with Crippen molar-refractivity contribution in [1.29, 1.82) is 0 Å². The zero-order valence-electron chi connectivity index (χ0n) is 11.6. The molecule has 0 spiro atoms. The molecule has 20 heavy (non-hydrogen) atoms. The monoisotopic (exact) mass is 291 g/mol. The minimum atomic E-state index is -0.0140. The average Bonchev–Trinajstić information content (AvgIpc) is 2.37. The van der Waals surface area contributed by atoms with Crippen molar-refractivity contribution < 1.29 is 4.74 Å². The Morgan fingerprint density at radius 3 is 2.70 bits per heavy atom. The molecule has 0 bridgehead atoms. The first-order chi connectivity index (χ1) is 9.56. The standard InChI is InChI=1S/C13H17N5OS/c1-8(2)19-12-15-11(18-14)16-13(17-12)20-10-6-4-5-9(3)7-10/h4-8H,14H2,1-3H3,(H,15,16,17,18). The molecule has 0 atom stereocenters. The van der Waals surface area contributed by atoms with Crippen molar-refractivity contribution in [3.05, 3.63) is 29.8 Å². The maximum absolute atomic E-state index is 5.49. The third-order valence-corrected chi connectivity index (χ3v) is 3.12. The smallest absolute Gasteiger partial charge is 0.322 e. The van der Waals surface area contributed by atoms with Gasteiger partial charge in [-0.25, -0.2) is 5.84 Å². The van der Waals surface area contributed by atoms with E-state index in [2.05, 4.69) is 26.4 Å². The van der Waals surface area contributed by atoms with Gasteiger partial charge in [-0.15, -0.1) is 0 Å². The van der Waals surface area contributed by atoms with Gasteiger partial charge < -0.3 is 4.74 Å². The van der Waals surface area contributed by atoms with Crippen LogP contribution in [0.15, 0.2) is 34.3 Å². The molecule has 2 rings (SSSR count). The number of ether oxygens (including phenoxy) is 1. The van der Waals surface area contributed by atoms with Crippen LogP contribution in [0.1, 0.15) is 19.4 Å². The molecule has 1 aromatic heterocycles. The molecule has 0 aliphatic rings. The van der Waals surface area contributed by atoms with Gasteiger partial charge in [0.15, 0.2) is 0 Å². The minimum Gasteiger partial charge on any atom is -0.461 e. The normalized spacial score (nSPS) is 10.7. The van der Waals surface area contributed by atoms with Crippen molar-refractivity contribution in [3.63, 3.8) is 0 Å². The molecule has 7 heteroatoms. The van der Waals surface area contributed by atoms with Crippen molar-refractivity contribution in [2.45, 2.75) is 36.9 Å². The number of aromatic nitrogens is 3. The van der Waals surface area contributed by atoms with Crippen LogP contribution in [0.25, 0.3) is 0 Å². The largest absolute Gasteiger partial charge is 0.461 e. The molecule has 2 aromatic rings. The number of anilines is 1. The van der Waals surface area contributed by atoms with Crippen LogP contribution >= 0.6 is 11.8 Å². The molecule has 0 saturated carbocycles. The number of aryl methyl sites for hydroxylation is 1. The molecular formula is C13H17N5OS. The van der Waals surface area contributed by atoms with Gasteiger partial charge in [-0.05, 0) is 44.7 Å². The zero-order chi connectivity index (χ0) is 14.5. The summed E-state index contributed by atoms with van der Waals surface area (Å²) < 4.78 is 5.49. The number of hydrogen-bond donors (Lipinski definition) is 2. The van der Waals surface area contributed by atoms with E-state index in [1.54, 1.807) is 0 Å². The van der Waals surface area contributed by atoms with Crippen LogP contribution in [0, 0.1) is 6.92 Å². The Bertz CT molecular complexity index is 591. The second-order valence-electron chi connectivity index (χ2n) is 4.45. The Kier molecular flexibility index (Phi) is 4.75. The molecule has 1 heterocycles. The van der Waals surface area contributed by atoms with Crippen LogP contribution in [-0.2, 0) is 0 Å².